The normalized spacial score (nSPS) is 14.5. The van der Waals surface area contributed by atoms with Gasteiger partial charge in [0.15, 0.2) is 0 Å². The lowest BCUT2D eigenvalue weighted by atomic mass is 10.0. The van der Waals surface area contributed by atoms with Gasteiger partial charge in [0, 0.05) is 19.6 Å². The summed E-state index contributed by atoms with van der Waals surface area (Å²) in [7, 11) is -1.77. The van der Waals surface area contributed by atoms with Gasteiger partial charge in [-0.05, 0) is 26.2 Å². The summed E-state index contributed by atoms with van der Waals surface area (Å²) in [5, 5.41) is 0. The fraction of sp³-hybridized carbons (Fsp3) is 0.917. The minimum absolute atomic E-state index is 0.0289. The molecule has 0 aromatic heterocycles. The third-order valence-corrected chi connectivity index (χ3v) is 3.86. The minimum Gasteiger partial charge on any atom is -0.344 e. The van der Waals surface area contributed by atoms with Crippen LogP contribution in [-0.4, -0.2) is 50.7 Å². The molecule has 0 aromatic carbocycles. The summed E-state index contributed by atoms with van der Waals surface area (Å²) < 4.78 is 24.8. The molecule has 0 aliphatic heterocycles. The second-order valence-electron chi connectivity index (χ2n) is 5.92. The number of rotatable bonds is 7. The summed E-state index contributed by atoms with van der Waals surface area (Å²) >= 11 is 0. The smallest absolute Gasteiger partial charge is 0.243 e. The number of nitrogens with zero attached hydrogens (tertiary/aromatic N) is 1. The van der Waals surface area contributed by atoms with Gasteiger partial charge in [-0.15, -0.1) is 0 Å². The molecule has 0 aliphatic rings. The van der Waals surface area contributed by atoms with Gasteiger partial charge in [0.05, 0.1) is 6.26 Å². The molecule has 3 N–H and O–H groups in total. The van der Waals surface area contributed by atoms with Crippen LogP contribution in [0.2, 0.25) is 0 Å². The minimum atomic E-state index is -3.43. The number of nitrogens with one attached hydrogen (secondary N) is 1. The third kappa shape index (κ3) is 6.89. The third-order valence-electron chi connectivity index (χ3n) is 2.98. The van der Waals surface area contributed by atoms with E-state index in [0.717, 1.165) is 6.26 Å². The number of amides is 1. The zero-order chi connectivity index (χ0) is 15.4. The molecular formula is C12H27N3O3S. The van der Waals surface area contributed by atoms with E-state index in [1.54, 1.807) is 20.9 Å². The Hall–Kier alpha value is -0.660. The Kier molecular flexibility index (Phi) is 6.44. The molecule has 0 saturated carbocycles. The van der Waals surface area contributed by atoms with Crippen LogP contribution in [0.15, 0.2) is 0 Å². The highest BCUT2D eigenvalue weighted by atomic mass is 32.2. The highest BCUT2D eigenvalue weighted by Crippen LogP contribution is 2.10. The summed E-state index contributed by atoms with van der Waals surface area (Å²) in [6.07, 6.45) is 1.73. The van der Waals surface area contributed by atoms with Gasteiger partial charge in [0.2, 0.25) is 15.9 Å². The quantitative estimate of drug-likeness (QED) is 0.698. The Bertz CT molecular complexity index is 404. The molecule has 0 spiro atoms. The van der Waals surface area contributed by atoms with Gasteiger partial charge >= 0.3 is 0 Å². The molecule has 19 heavy (non-hydrogen) atoms. The zero-order valence-electron chi connectivity index (χ0n) is 12.7. The number of likely N-dealkylation sites (N-methyl/N-ethyl adjacent to an activating group) is 1. The van der Waals surface area contributed by atoms with Gasteiger partial charge in [-0.2, -0.15) is 0 Å². The second kappa shape index (κ2) is 6.67. The summed E-state index contributed by atoms with van der Waals surface area (Å²) in [6.45, 7) is 7.67. The number of carbonyl (C=O) groups is 1. The van der Waals surface area contributed by atoms with E-state index in [1.165, 1.54) is 4.90 Å². The largest absolute Gasteiger partial charge is 0.344 e. The second-order valence-corrected chi connectivity index (χ2v) is 7.67. The van der Waals surface area contributed by atoms with E-state index in [4.69, 9.17) is 5.73 Å². The SMILES string of the molecule is CC(C)C(N)CCN(C)C(=O)C(C)(C)NS(C)(=O)=O. The molecule has 0 heterocycles. The van der Waals surface area contributed by atoms with Crippen molar-refractivity contribution < 1.29 is 13.2 Å². The summed E-state index contributed by atoms with van der Waals surface area (Å²) in [4.78, 5) is 13.7. The number of nitrogens with two attached hydrogens (primary N) is 1. The van der Waals surface area contributed by atoms with Crippen molar-refractivity contribution in [2.75, 3.05) is 19.8 Å². The van der Waals surface area contributed by atoms with Crippen molar-refractivity contribution in [2.24, 2.45) is 11.7 Å². The Balaban J connectivity index is 4.56. The van der Waals surface area contributed by atoms with Crippen LogP contribution in [-0.2, 0) is 14.8 Å². The van der Waals surface area contributed by atoms with E-state index in [1.807, 2.05) is 13.8 Å². The van der Waals surface area contributed by atoms with Crippen molar-refractivity contribution >= 4 is 15.9 Å². The van der Waals surface area contributed by atoms with Crippen molar-refractivity contribution in [3.8, 4) is 0 Å². The molecule has 0 saturated heterocycles. The van der Waals surface area contributed by atoms with Crippen molar-refractivity contribution in [2.45, 2.75) is 45.7 Å². The molecule has 0 aromatic rings. The maximum absolute atomic E-state index is 12.2. The Morgan fingerprint density at radius 2 is 1.84 bits per heavy atom. The standard InChI is InChI=1S/C12H27N3O3S/c1-9(2)10(13)7-8-15(5)11(16)12(3,4)14-19(6,17)18/h9-10,14H,7-8,13H2,1-6H3. The van der Waals surface area contributed by atoms with Crippen LogP contribution >= 0.6 is 0 Å². The highest BCUT2D eigenvalue weighted by molar-refractivity contribution is 7.88. The van der Waals surface area contributed by atoms with Gasteiger partial charge in [-0.1, -0.05) is 13.8 Å². The molecule has 0 aliphatic carbocycles. The predicted molar refractivity (Wildman–Crippen MR) is 77.1 cm³/mol. The van der Waals surface area contributed by atoms with Gasteiger partial charge in [-0.3, -0.25) is 4.79 Å². The highest BCUT2D eigenvalue weighted by Gasteiger charge is 2.33. The molecule has 0 rings (SSSR count). The van der Waals surface area contributed by atoms with Gasteiger partial charge < -0.3 is 10.6 Å². The van der Waals surface area contributed by atoms with Crippen LogP contribution in [0.5, 0.6) is 0 Å². The average molecular weight is 293 g/mol. The van der Waals surface area contributed by atoms with Gasteiger partial charge in [0.1, 0.15) is 5.54 Å². The average Bonchev–Trinajstić information content (AvgIpc) is 2.20. The van der Waals surface area contributed by atoms with Crippen LogP contribution < -0.4 is 10.5 Å². The van der Waals surface area contributed by atoms with Crippen molar-refractivity contribution in [1.82, 2.24) is 9.62 Å². The lowest BCUT2D eigenvalue weighted by Gasteiger charge is -2.30. The maximum Gasteiger partial charge on any atom is 0.243 e. The number of hydrogen-bond acceptors (Lipinski definition) is 4. The lowest BCUT2D eigenvalue weighted by molar-refractivity contribution is -0.135. The van der Waals surface area contributed by atoms with E-state index in [-0.39, 0.29) is 11.9 Å². The summed E-state index contributed by atoms with van der Waals surface area (Å²) in [6, 6.07) is 0.0289. The first kappa shape index (κ1) is 18.3. The number of carbonyl (C=O) groups excluding carboxylic acids is 1. The summed E-state index contributed by atoms with van der Waals surface area (Å²) in [5.74, 6) is 0.0829. The van der Waals surface area contributed by atoms with Crippen LogP contribution in [0, 0.1) is 5.92 Å². The van der Waals surface area contributed by atoms with Crippen molar-refractivity contribution in [3.05, 3.63) is 0 Å². The van der Waals surface area contributed by atoms with E-state index in [0.29, 0.717) is 18.9 Å². The van der Waals surface area contributed by atoms with E-state index in [9.17, 15) is 13.2 Å². The van der Waals surface area contributed by atoms with E-state index < -0.39 is 15.6 Å². The molecule has 7 heteroatoms. The first-order chi connectivity index (χ1) is 8.37. The molecule has 1 unspecified atom stereocenters. The number of sulfonamides is 1. The Morgan fingerprint density at radius 1 is 1.37 bits per heavy atom. The fourth-order valence-corrected chi connectivity index (χ4v) is 2.78. The molecular weight excluding hydrogens is 266 g/mol. The molecule has 0 fully saturated rings. The molecule has 0 bridgehead atoms. The van der Waals surface area contributed by atoms with E-state index in [2.05, 4.69) is 4.72 Å². The van der Waals surface area contributed by atoms with Gasteiger partial charge in [0.25, 0.3) is 0 Å². The van der Waals surface area contributed by atoms with Crippen LogP contribution in [0.25, 0.3) is 0 Å². The first-order valence-corrected chi connectivity index (χ1v) is 8.26. The van der Waals surface area contributed by atoms with Crippen LogP contribution in [0.1, 0.15) is 34.1 Å². The lowest BCUT2D eigenvalue weighted by Crippen LogP contribution is -2.55. The molecule has 0 radical (unpaired) electrons. The van der Waals surface area contributed by atoms with Crippen molar-refractivity contribution in [1.29, 1.82) is 0 Å². The Labute approximate surface area is 116 Å². The van der Waals surface area contributed by atoms with Crippen LogP contribution in [0.4, 0.5) is 0 Å². The monoisotopic (exact) mass is 293 g/mol. The van der Waals surface area contributed by atoms with Crippen LogP contribution in [0.3, 0.4) is 0 Å². The maximum atomic E-state index is 12.2. The fourth-order valence-electron chi connectivity index (χ4n) is 1.76. The number of hydrogen-bond donors (Lipinski definition) is 2. The molecule has 1 amide bonds. The van der Waals surface area contributed by atoms with Crippen molar-refractivity contribution in [3.63, 3.8) is 0 Å². The zero-order valence-corrected chi connectivity index (χ0v) is 13.5. The summed E-state index contributed by atoms with van der Waals surface area (Å²) in [5.41, 5.74) is 4.78. The molecule has 6 nitrogen and oxygen atoms in total. The first-order valence-electron chi connectivity index (χ1n) is 6.37. The van der Waals surface area contributed by atoms with Gasteiger partial charge in [-0.25, -0.2) is 13.1 Å². The van der Waals surface area contributed by atoms with E-state index >= 15 is 0 Å². The Morgan fingerprint density at radius 3 is 2.21 bits per heavy atom. The topological polar surface area (TPSA) is 92.5 Å². The molecule has 114 valence electrons. The predicted octanol–water partition coefficient (Wildman–Crippen LogP) is 0.146. The molecule has 1 atom stereocenters.